The summed E-state index contributed by atoms with van der Waals surface area (Å²) >= 11 is 3.45. The molecule has 0 aliphatic rings. The molecule has 1 aromatic carbocycles. The molecule has 0 aromatic heterocycles. The molecular weight excluding hydrogens is 304 g/mol. The summed E-state index contributed by atoms with van der Waals surface area (Å²) < 4.78 is 5.54. The van der Waals surface area contributed by atoms with Gasteiger partial charge in [-0.1, -0.05) is 54.9 Å². The highest BCUT2D eigenvalue weighted by atomic mass is 79.9. The Bertz CT molecular complexity index is 465. The molecule has 0 heterocycles. The van der Waals surface area contributed by atoms with Crippen LogP contribution in [0, 0.1) is 0 Å². The van der Waals surface area contributed by atoms with E-state index in [-0.39, 0.29) is 11.4 Å². The van der Waals surface area contributed by atoms with E-state index >= 15 is 0 Å². The van der Waals surface area contributed by atoms with Crippen LogP contribution in [0.3, 0.4) is 0 Å². The van der Waals surface area contributed by atoms with Crippen molar-refractivity contribution in [2.75, 3.05) is 0 Å². The second-order valence-corrected chi connectivity index (χ2v) is 7.29. The van der Waals surface area contributed by atoms with Crippen LogP contribution in [0.5, 0.6) is 0 Å². The first-order valence-corrected chi connectivity index (χ1v) is 7.60. The van der Waals surface area contributed by atoms with E-state index in [1.165, 1.54) is 0 Å². The summed E-state index contributed by atoms with van der Waals surface area (Å²) in [4.78, 5) is 12.5. The summed E-state index contributed by atoms with van der Waals surface area (Å²) in [5.41, 5.74) is 2.12. The van der Waals surface area contributed by atoms with Crippen LogP contribution in [0.4, 0.5) is 0 Å². The topological polar surface area (TPSA) is 26.3 Å². The van der Waals surface area contributed by atoms with Gasteiger partial charge in [0.25, 0.3) is 0 Å². The normalized spacial score (nSPS) is 12.4. The molecule has 0 radical (unpaired) electrons. The molecule has 0 spiro atoms. The summed E-state index contributed by atoms with van der Waals surface area (Å²) in [5.74, 6) is -0.243. The van der Waals surface area contributed by atoms with Crippen LogP contribution in [0.1, 0.15) is 63.0 Å². The number of rotatable bonds is 2. The Labute approximate surface area is 124 Å². The molecule has 0 saturated heterocycles. The van der Waals surface area contributed by atoms with E-state index in [1.807, 2.05) is 39.0 Å². The summed E-state index contributed by atoms with van der Waals surface area (Å²) in [6, 6.07) is 5.96. The molecule has 0 amide bonds. The first-order valence-electron chi connectivity index (χ1n) is 6.48. The van der Waals surface area contributed by atoms with Crippen molar-refractivity contribution in [1.82, 2.24) is 0 Å². The lowest BCUT2D eigenvalue weighted by Crippen LogP contribution is -2.27. The van der Waals surface area contributed by atoms with E-state index in [2.05, 4.69) is 36.7 Å². The third-order valence-electron chi connectivity index (χ3n) is 2.71. The monoisotopic (exact) mass is 326 g/mol. The van der Waals surface area contributed by atoms with Crippen molar-refractivity contribution in [3.8, 4) is 0 Å². The van der Waals surface area contributed by atoms with Gasteiger partial charge in [-0.2, -0.15) is 0 Å². The molecule has 0 saturated carbocycles. The fraction of sp³-hybridized carbons (Fsp3) is 0.562. The van der Waals surface area contributed by atoms with Gasteiger partial charge in [0.2, 0.25) is 0 Å². The molecular formula is C16H23BrO2. The highest BCUT2D eigenvalue weighted by Gasteiger charge is 2.27. The minimum atomic E-state index is -0.480. The zero-order chi connectivity index (χ0) is 14.8. The number of alkyl halides is 1. The number of ether oxygens (including phenoxy) is 1. The number of esters is 1. The summed E-state index contributed by atoms with van der Waals surface area (Å²) in [7, 11) is 0. The molecule has 0 bridgehead atoms. The van der Waals surface area contributed by atoms with E-state index in [1.54, 1.807) is 0 Å². The quantitative estimate of drug-likeness (QED) is 0.574. The Morgan fingerprint density at radius 3 is 2.16 bits per heavy atom. The van der Waals surface area contributed by atoms with Gasteiger partial charge in [0.1, 0.15) is 5.60 Å². The van der Waals surface area contributed by atoms with Gasteiger partial charge < -0.3 is 4.74 Å². The van der Waals surface area contributed by atoms with Crippen molar-refractivity contribution in [2.24, 2.45) is 0 Å². The Morgan fingerprint density at radius 1 is 1.16 bits per heavy atom. The first-order chi connectivity index (χ1) is 8.56. The SMILES string of the molecule is CC(C)(C)OC(=O)c1c(CBr)cccc1C(C)(C)C. The van der Waals surface area contributed by atoms with Gasteiger partial charge in [-0.15, -0.1) is 0 Å². The van der Waals surface area contributed by atoms with Gasteiger partial charge in [-0.25, -0.2) is 4.79 Å². The Kier molecular flexibility index (Phi) is 4.83. The molecule has 0 atom stereocenters. The van der Waals surface area contributed by atoms with Crippen molar-refractivity contribution in [3.05, 3.63) is 34.9 Å². The van der Waals surface area contributed by atoms with Crippen LogP contribution in [0.15, 0.2) is 18.2 Å². The number of halogens is 1. The highest BCUT2D eigenvalue weighted by Crippen LogP contribution is 2.30. The van der Waals surface area contributed by atoms with Crippen LogP contribution >= 0.6 is 15.9 Å². The van der Waals surface area contributed by atoms with Crippen LogP contribution in [0.25, 0.3) is 0 Å². The number of carbonyl (C=O) groups excluding carboxylic acids is 1. The van der Waals surface area contributed by atoms with Crippen molar-refractivity contribution >= 4 is 21.9 Å². The van der Waals surface area contributed by atoms with Gasteiger partial charge >= 0.3 is 5.97 Å². The summed E-state index contributed by atoms with van der Waals surface area (Å²) in [5, 5.41) is 0.644. The second-order valence-electron chi connectivity index (χ2n) is 6.73. The van der Waals surface area contributed by atoms with Crippen molar-refractivity contribution in [2.45, 2.75) is 57.9 Å². The third-order valence-corrected chi connectivity index (χ3v) is 3.31. The number of carbonyl (C=O) groups is 1. The third kappa shape index (κ3) is 4.34. The Hall–Kier alpha value is -0.830. The molecule has 19 heavy (non-hydrogen) atoms. The van der Waals surface area contributed by atoms with Crippen LogP contribution in [-0.2, 0) is 15.5 Å². The standard InChI is InChI=1S/C16H23BrO2/c1-15(2,3)12-9-7-8-11(10-17)13(12)14(18)19-16(4,5)6/h7-9H,10H2,1-6H3. The summed E-state index contributed by atoms with van der Waals surface area (Å²) in [6.07, 6.45) is 0. The lowest BCUT2D eigenvalue weighted by atomic mass is 9.82. The molecule has 0 fully saturated rings. The average Bonchev–Trinajstić information content (AvgIpc) is 2.24. The molecule has 0 aliphatic heterocycles. The minimum absolute atomic E-state index is 0.0928. The lowest BCUT2D eigenvalue weighted by molar-refractivity contribution is 0.00661. The smallest absolute Gasteiger partial charge is 0.339 e. The Balaban J connectivity index is 3.34. The zero-order valence-electron chi connectivity index (χ0n) is 12.6. The maximum atomic E-state index is 12.5. The summed E-state index contributed by atoms with van der Waals surface area (Å²) in [6.45, 7) is 12.0. The van der Waals surface area contributed by atoms with E-state index < -0.39 is 5.60 Å². The molecule has 1 rings (SSSR count). The molecule has 0 aliphatic carbocycles. The molecule has 106 valence electrons. The maximum absolute atomic E-state index is 12.5. The maximum Gasteiger partial charge on any atom is 0.339 e. The second kappa shape index (κ2) is 5.66. The number of hydrogen-bond acceptors (Lipinski definition) is 2. The largest absolute Gasteiger partial charge is 0.456 e. The van der Waals surface area contributed by atoms with Crippen molar-refractivity contribution in [1.29, 1.82) is 0 Å². The van der Waals surface area contributed by atoms with E-state index in [4.69, 9.17) is 4.74 Å². The van der Waals surface area contributed by atoms with Gasteiger partial charge in [-0.3, -0.25) is 0 Å². The van der Waals surface area contributed by atoms with Crippen molar-refractivity contribution < 1.29 is 9.53 Å². The molecule has 1 aromatic rings. The van der Waals surface area contributed by atoms with E-state index in [0.29, 0.717) is 10.9 Å². The number of benzene rings is 1. The van der Waals surface area contributed by atoms with Crippen LogP contribution in [-0.4, -0.2) is 11.6 Å². The molecule has 3 heteroatoms. The van der Waals surface area contributed by atoms with Gasteiger partial charge in [0.05, 0.1) is 5.56 Å². The minimum Gasteiger partial charge on any atom is -0.456 e. The van der Waals surface area contributed by atoms with Crippen LogP contribution < -0.4 is 0 Å². The average molecular weight is 327 g/mol. The molecule has 0 N–H and O–H groups in total. The van der Waals surface area contributed by atoms with Crippen LogP contribution in [0.2, 0.25) is 0 Å². The fourth-order valence-corrected chi connectivity index (χ4v) is 2.37. The predicted octanol–water partition coefficient (Wildman–Crippen LogP) is 4.83. The van der Waals surface area contributed by atoms with E-state index in [9.17, 15) is 4.79 Å². The van der Waals surface area contributed by atoms with Gasteiger partial charge in [0.15, 0.2) is 0 Å². The van der Waals surface area contributed by atoms with Crippen molar-refractivity contribution in [3.63, 3.8) is 0 Å². The fourth-order valence-electron chi connectivity index (χ4n) is 1.91. The molecule has 2 nitrogen and oxygen atoms in total. The first kappa shape index (κ1) is 16.2. The van der Waals surface area contributed by atoms with Gasteiger partial charge in [-0.05, 0) is 37.3 Å². The lowest BCUT2D eigenvalue weighted by Gasteiger charge is -2.26. The number of hydrogen-bond donors (Lipinski definition) is 0. The molecule has 0 unspecified atom stereocenters. The van der Waals surface area contributed by atoms with Gasteiger partial charge in [0, 0.05) is 5.33 Å². The predicted molar refractivity (Wildman–Crippen MR) is 82.9 cm³/mol. The van der Waals surface area contributed by atoms with E-state index in [0.717, 1.165) is 11.1 Å². The zero-order valence-corrected chi connectivity index (χ0v) is 14.2. The highest BCUT2D eigenvalue weighted by molar-refractivity contribution is 9.08. The Morgan fingerprint density at radius 2 is 1.74 bits per heavy atom.